The van der Waals surface area contributed by atoms with Gasteiger partial charge in [-0.2, -0.15) is 4.98 Å². The molecule has 0 atom stereocenters. The summed E-state index contributed by atoms with van der Waals surface area (Å²) < 4.78 is 5.85. The van der Waals surface area contributed by atoms with Crippen molar-refractivity contribution in [3.63, 3.8) is 0 Å². The lowest BCUT2D eigenvalue weighted by Gasteiger charge is -2.35. The SMILES string of the molecule is CC(=O)N1CCN(c2ccc(Oc3ncc4c(n3)S/C(=C\c3ccc([N+](=O)[O-])cc3)C(=O)N4)cc2)CC1. The van der Waals surface area contributed by atoms with E-state index in [1.54, 1.807) is 25.1 Å². The highest BCUT2D eigenvalue weighted by Gasteiger charge is 2.24. The molecule has 3 aromatic rings. The third-order valence-electron chi connectivity index (χ3n) is 5.95. The van der Waals surface area contributed by atoms with Gasteiger partial charge in [-0.15, -0.1) is 0 Å². The number of nitrogens with zero attached hydrogens (tertiary/aromatic N) is 5. The summed E-state index contributed by atoms with van der Waals surface area (Å²) in [5.41, 5.74) is 2.15. The van der Waals surface area contributed by atoms with Crippen molar-refractivity contribution in [3.8, 4) is 11.8 Å². The van der Waals surface area contributed by atoms with Gasteiger partial charge in [0.05, 0.1) is 21.7 Å². The fraction of sp³-hybridized carbons (Fsp3) is 0.200. The Bertz CT molecular complexity index is 1390. The Morgan fingerprint density at radius 1 is 1.11 bits per heavy atom. The largest absolute Gasteiger partial charge is 0.424 e. The molecule has 5 rings (SSSR count). The number of anilines is 2. The van der Waals surface area contributed by atoms with Crippen LogP contribution in [0.3, 0.4) is 0 Å². The van der Waals surface area contributed by atoms with Gasteiger partial charge < -0.3 is 19.9 Å². The van der Waals surface area contributed by atoms with Gasteiger partial charge in [0.25, 0.3) is 11.6 Å². The molecule has 0 unspecified atom stereocenters. The zero-order valence-electron chi connectivity index (χ0n) is 19.8. The van der Waals surface area contributed by atoms with Crippen LogP contribution in [0.4, 0.5) is 17.1 Å². The van der Waals surface area contributed by atoms with Gasteiger partial charge in [-0.05, 0) is 48.0 Å². The van der Waals surface area contributed by atoms with Crippen molar-refractivity contribution in [2.45, 2.75) is 11.9 Å². The van der Waals surface area contributed by atoms with Gasteiger partial charge in [0.2, 0.25) is 5.91 Å². The summed E-state index contributed by atoms with van der Waals surface area (Å²) in [5, 5.41) is 14.1. The van der Waals surface area contributed by atoms with Crippen molar-refractivity contribution in [1.82, 2.24) is 14.9 Å². The summed E-state index contributed by atoms with van der Waals surface area (Å²) in [6, 6.07) is 13.7. The van der Waals surface area contributed by atoms with Crippen molar-refractivity contribution >= 4 is 46.7 Å². The van der Waals surface area contributed by atoms with Crippen LogP contribution in [-0.4, -0.2) is 57.8 Å². The molecule has 0 saturated carbocycles. The number of fused-ring (bicyclic) bond motifs is 1. The summed E-state index contributed by atoms with van der Waals surface area (Å²) in [7, 11) is 0. The van der Waals surface area contributed by atoms with E-state index >= 15 is 0 Å². The molecule has 1 N–H and O–H groups in total. The minimum absolute atomic E-state index is 0.0219. The number of ether oxygens (including phenoxy) is 1. The number of hydrogen-bond donors (Lipinski definition) is 1. The number of carbonyl (C=O) groups excluding carboxylic acids is 2. The first-order chi connectivity index (χ1) is 17.9. The fourth-order valence-corrected chi connectivity index (χ4v) is 4.83. The monoisotopic (exact) mass is 518 g/mol. The topological polar surface area (TPSA) is 131 Å². The molecule has 3 heterocycles. The van der Waals surface area contributed by atoms with Gasteiger partial charge in [0.15, 0.2) is 0 Å². The zero-order valence-corrected chi connectivity index (χ0v) is 20.6. The fourth-order valence-electron chi connectivity index (χ4n) is 3.95. The van der Waals surface area contributed by atoms with Gasteiger partial charge in [-0.3, -0.25) is 19.7 Å². The number of thioether (sulfide) groups is 1. The average molecular weight is 519 g/mol. The Hall–Kier alpha value is -4.45. The van der Waals surface area contributed by atoms with Crippen LogP contribution in [0.5, 0.6) is 11.8 Å². The summed E-state index contributed by atoms with van der Waals surface area (Å²) in [4.78, 5) is 47.5. The summed E-state index contributed by atoms with van der Waals surface area (Å²) in [5.74, 6) is 0.352. The number of non-ortho nitro benzene ring substituents is 1. The van der Waals surface area contributed by atoms with Gasteiger partial charge in [-0.1, -0.05) is 11.8 Å². The number of nitrogens with one attached hydrogen (secondary N) is 1. The lowest BCUT2D eigenvalue weighted by molar-refractivity contribution is -0.384. The summed E-state index contributed by atoms with van der Waals surface area (Å²) in [6.45, 7) is 4.53. The molecule has 2 aliphatic heterocycles. The van der Waals surface area contributed by atoms with E-state index in [0.717, 1.165) is 18.8 Å². The molecule has 1 aromatic heterocycles. The van der Waals surface area contributed by atoms with Crippen LogP contribution < -0.4 is 15.0 Å². The van der Waals surface area contributed by atoms with Crippen LogP contribution in [0.25, 0.3) is 6.08 Å². The standard InChI is InChI=1S/C25H22N6O5S/c1-16(32)29-10-12-30(13-11-29)18-6-8-20(9-7-18)36-25-26-15-21-24(28-25)37-22(23(33)27-21)14-17-2-4-19(5-3-17)31(34)35/h2-9,14-15H,10-13H2,1H3,(H,27,33)/b22-14-. The van der Waals surface area contributed by atoms with E-state index in [1.807, 2.05) is 29.2 Å². The summed E-state index contributed by atoms with van der Waals surface area (Å²) in [6.07, 6.45) is 3.14. The Balaban J connectivity index is 1.26. The second-order valence-corrected chi connectivity index (χ2v) is 9.40. The highest BCUT2D eigenvalue weighted by molar-refractivity contribution is 8.04. The minimum Gasteiger partial charge on any atom is -0.424 e. The van der Waals surface area contributed by atoms with Crippen molar-refractivity contribution in [2.75, 3.05) is 36.4 Å². The number of nitro benzene ring substituents is 1. The number of hydrogen-bond acceptors (Lipinski definition) is 9. The number of nitro groups is 1. The Morgan fingerprint density at radius 2 is 1.81 bits per heavy atom. The lowest BCUT2D eigenvalue weighted by Crippen LogP contribution is -2.48. The maximum absolute atomic E-state index is 12.5. The molecule has 188 valence electrons. The van der Waals surface area contributed by atoms with Gasteiger partial charge in [0, 0.05) is 50.9 Å². The quantitative estimate of drug-likeness (QED) is 0.231. The van der Waals surface area contributed by atoms with Crippen LogP contribution in [0.15, 0.2) is 64.7 Å². The average Bonchev–Trinajstić information content (AvgIpc) is 2.90. The van der Waals surface area contributed by atoms with Gasteiger partial charge in [-0.25, -0.2) is 4.98 Å². The number of rotatable bonds is 5. The molecular weight excluding hydrogens is 496 g/mol. The highest BCUT2D eigenvalue weighted by atomic mass is 32.2. The van der Waals surface area contributed by atoms with Crippen molar-refractivity contribution in [2.24, 2.45) is 0 Å². The molecule has 2 aromatic carbocycles. The van der Waals surface area contributed by atoms with Crippen LogP contribution >= 0.6 is 11.8 Å². The first-order valence-electron chi connectivity index (χ1n) is 11.5. The highest BCUT2D eigenvalue weighted by Crippen LogP contribution is 2.38. The molecule has 11 nitrogen and oxygen atoms in total. The molecule has 37 heavy (non-hydrogen) atoms. The Kier molecular flexibility index (Phi) is 6.73. The van der Waals surface area contributed by atoms with E-state index < -0.39 is 4.92 Å². The first-order valence-corrected chi connectivity index (χ1v) is 12.3. The van der Waals surface area contributed by atoms with Gasteiger partial charge in [0.1, 0.15) is 10.8 Å². The molecule has 0 spiro atoms. The third-order valence-corrected chi connectivity index (χ3v) is 6.98. The smallest absolute Gasteiger partial charge is 0.323 e. The van der Waals surface area contributed by atoms with Crippen LogP contribution in [0.2, 0.25) is 0 Å². The molecule has 2 amide bonds. The number of carbonyl (C=O) groups is 2. The van der Waals surface area contributed by atoms with Crippen LogP contribution in [-0.2, 0) is 9.59 Å². The van der Waals surface area contributed by atoms with E-state index in [4.69, 9.17) is 4.74 Å². The van der Waals surface area contributed by atoms with E-state index in [-0.39, 0.29) is 23.5 Å². The second kappa shape index (κ2) is 10.3. The molecule has 0 radical (unpaired) electrons. The molecule has 1 saturated heterocycles. The Labute approximate surface area is 216 Å². The molecule has 0 bridgehead atoms. The molecule has 0 aliphatic carbocycles. The maximum Gasteiger partial charge on any atom is 0.323 e. The van der Waals surface area contributed by atoms with Crippen LogP contribution in [0.1, 0.15) is 12.5 Å². The first kappa shape index (κ1) is 24.3. The van der Waals surface area contributed by atoms with E-state index in [2.05, 4.69) is 20.2 Å². The van der Waals surface area contributed by atoms with Crippen molar-refractivity contribution in [1.29, 1.82) is 0 Å². The predicted octanol–water partition coefficient (Wildman–Crippen LogP) is 3.93. The molecule has 12 heteroatoms. The lowest BCUT2D eigenvalue weighted by atomic mass is 10.2. The summed E-state index contributed by atoms with van der Waals surface area (Å²) >= 11 is 1.17. The molecule has 2 aliphatic rings. The Morgan fingerprint density at radius 3 is 2.46 bits per heavy atom. The van der Waals surface area contributed by atoms with E-state index in [9.17, 15) is 19.7 Å². The van der Waals surface area contributed by atoms with Crippen molar-refractivity contribution in [3.05, 3.63) is 75.3 Å². The zero-order chi connectivity index (χ0) is 25.9. The van der Waals surface area contributed by atoms with Crippen LogP contribution in [0, 0.1) is 10.1 Å². The number of benzene rings is 2. The maximum atomic E-state index is 12.5. The molecular formula is C25H22N6O5S. The minimum atomic E-state index is -0.474. The molecule has 1 fully saturated rings. The predicted molar refractivity (Wildman–Crippen MR) is 139 cm³/mol. The number of aromatic nitrogens is 2. The van der Waals surface area contributed by atoms with E-state index in [1.165, 1.54) is 30.1 Å². The number of piperazine rings is 1. The third kappa shape index (κ3) is 5.54. The van der Waals surface area contributed by atoms with Crippen molar-refractivity contribution < 1.29 is 19.2 Å². The van der Waals surface area contributed by atoms with Gasteiger partial charge >= 0.3 is 6.01 Å². The second-order valence-electron chi connectivity index (χ2n) is 8.37. The normalized spacial score (nSPS) is 16.2. The number of amides is 2. The van der Waals surface area contributed by atoms with E-state index in [0.29, 0.717) is 40.0 Å².